The molecule has 12 heteroatoms. The van der Waals surface area contributed by atoms with Crippen molar-refractivity contribution in [2.75, 3.05) is 20.3 Å². The van der Waals surface area contributed by atoms with E-state index in [-0.39, 0.29) is 49.3 Å². The Morgan fingerprint density at radius 1 is 1.34 bits per heavy atom. The van der Waals surface area contributed by atoms with Gasteiger partial charge in [0.05, 0.1) is 13.2 Å². The molecule has 0 spiro atoms. The molecule has 4 rings (SSSR count). The molecule has 0 aliphatic carbocycles. The fourth-order valence-electron chi connectivity index (χ4n) is 4.15. The van der Waals surface area contributed by atoms with Gasteiger partial charge < -0.3 is 29.5 Å². The lowest BCUT2D eigenvalue weighted by Gasteiger charge is -2.39. The maximum absolute atomic E-state index is 13.9. The lowest BCUT2D eigenvalue weighted by atomic mass is 10.0. The van der Waals surface area contributed by atoms with Crippen LogP contribution in [-0.2, 0) is 16.1 Å². The molecule has 2 amide bonds. The molecule has 0 saturated heterocycles. The Morgan fingerprint density at radius 3 is 2.83 bits per heavy atom. The molecule has 1 aromatic carbocycles. The first kappa shape index (κ1) is 24.2. The third-order valence-electron chi connectivity index (χ3n) is 6.15. The highest BCUT2D eigenvalue weighted by Gasteiger charge is 2.38. The van der Waals surface area contributed by atoms with Crippen molar-refractivity contribution < 1.29 is 33.1 Å². The number of hydrogen-bond donors (Lipinski definition) is 2. The van der Waals surface area contributed by atoms with Gasteiger partial charge in [0.25, 0.3) is 11.8 Å². The van der Waals surface area contributed by atoms with Crippen molar-refractivity contribution in [3.63, 3.8) is 0 Å². The minimum absolute atomic E-state index is 0.00937. The zero-order valence-corrected chi connectivity index (χ0v) is 19.1. The van der Waals surface area contributed by atoms with Crippen LogP contribution in [0.15, 0.2) is 34.3 Å². The van der Waals surface area contributed by atoms with Crippen molar-refractivity contribution >= 4 is 17.7 Å². The summed E-state index contributed by atoms with van der Waals surface area (Å²) in [5.74, 6) is -3.69. The number of fused-ring (bicyclic) bond motifs is 4. The van der Waals surface area contributed by atoms with E-state index >= 15 is 0 Å². The third kappa shape index (κ3) is 4.68. The number of methoxy groups -OCH3 is 1. The zero-order chi connectivity index (χ0) is 25.3. The van der Waals surface area contributed by atoms with Crippen LogP contribution in [0.25, 0.3) is 0 Å². The van der Waals surface area contributed by atoms with E-state index in [9.17, 15) is 28.3 Å². The van der Waals surface area contributed by atoms with Crippen molar-refractivity contribution in [2.45, 2.75) is 38.4 Å². The quantitative estimate of drug-likeness (QED) is 0.678. The number of rotatable bonds is 3. The van der Waals surface area contributed by atoms with E-state index in [1.165, 1.54) is 28.8 Å². The number of nitrogens with zero attached hydrogens (tertiary/aromatic N) is 3. The highest BCUT2D eigenvalue weighted by atomic mass is 19.1. The molecule has 10 nitrogen and oxygen atoms in total. The van der Waals surface area contributed by atoms with Gasteiger partial charge in [0.2, 0.25) is 11.3 Å². The van der Waals surface area contributed by atoms with Crippen LogP contribution < -0.4 is 10.7 Å². The van der Waals surface area contributed by atoms with E-state index in [4.69, 9.17) is 9.57 Å². The predicted molar refractivity (Wildman–Crippen MR) is 119 cm³/mol. The Morgan fingerprint density at radius 2 is 2.11 bits per heavy atom. The molecule has 2 N–H and O–H groups in total. The average Bonchev–Trinajstić information content (AvgIpc) is 2.83. The Hall–Kier alpha value is -3.96. The van der Waals surface area contributed by atoms with Gasteiger partial charge in [-0.1, -0.05) is 11.2 Å². The van der Waals surface area contributed by atoms with Crippen LogP contribution in [0.5, 0.6) is 5.75 Å². The molecule has 186 valence electrons. The number of amides is 2. The molecule has 35 heavy (non-hydrogen) atoms. The van der Waals surface area contributed by atoms with E-state index in [0.29, 0.717) is 12.5 Å². The second-order valence-electron chi connectivity index (χ2n) is 8.37. The number of aromatic hydroxyl groups is 1. The normalized spacial score (nSPS) is 21.3. The zero-order valence-electron chi connectivity index (χ0n) is 19.1. The number of nitrogens with one attached hydrogen (secondary N) is 1. The summed E-state index contributed by atoms with van der Waals surface area (Å²) in [6, 6.07) is 2.10. The molecular formula is C23H24F2N4O6. The Bertz CT molecular complexity index is 1260. The topological polar surface area (TPSA) is 122 Å². The lowest BCUT2D eigenvalue weighted by Crippen LogP contribution is -2.49. The molecular weight excluding hydrogens is 466 g/mol. The highest BCUT2D eigenvalue weighted by molar-refractivity contribution is 5.99. The molecule has 2 aliphatic rings. The van der Waals surface area contributed by atoms with Gasteiger partial charge in [0.1, 0.15) is 23.8 Å². The highest BCUT2D eigenvalue weighted by Crippen LogP contribution is 2.31. The second kappa shape index (κ2) is 9.72. The lowest BCUT2D eigenvalue weighted by molar-refractivity contribution is 0.0479. The molecule has 0 saturated carbocycles. The third-order valence-corrected chi connectivity index (χ3v) is 6.15. The molecule has 0 radical (unpaired) electrons. The minimum atomic E-state index is -1.04. The first-order valence-electron chi connectivity index (χ1n) is 10.9. The van der Waals surface area contributed by atoms with Crippen molar-refractivity contribution in [3.05, 3.63) is 63.1 Å². The minimum Gasteiger partial charge on any atom is -0.503 e. The Labute approximate surface area is 198 Å². The molecule has 2 atom stereocenters. The first-order chi connectivity index (χ1) is 16.7. The van der Waals surface area contributed by atoms with Gasteiger partial charge in [-0.15, -0.1) is 0 Å². The SMILES string of the molecule is CO/C1=N/OCCC(C)N2C[C@H](C1)n1cc(C(=O)NCc3ccc(F)cc3F)c(=O)c(O)c1C2=O. The summed E-state index contributed by atoms with van der Waals surface area (Å²) in [6.07, 6.45) is 1.81. The molecule has 1 unspecified atom stereocenters. The van der Waals surface area contributed by atoms with Gasteiger partial charge >= 0.3 is 0 Å². The van der Waals surface area contributed by atoms with Gasteiger partial charge in [-0.3, -0.25) is 14.4 Å². The number of ether oxygens (including phenoxy) is 1. The maximum Gasteiger partial charge on any atom is 0.274 e. The van der Waals surface area contributed by atoms with E-state index in [1.54, 1.807) is 0 Å². The monoisotopic (exact) mass is 490 g/mol. The number of aromatic nitrogens is 1. The van der Waals surface area contributed by atoms with E-state index in [0.717, 1.165) is 6.07 Å². The maximum atomic E-state index is 13.9. The van der Waals surface area contributed by atoms with E-state index in [2.05, 4.69) is 10.5 Å². The summed E-state index contributed by atoms with van der Waals surface area (Å²) in [6.45, 7) is 1.97. The number of benzene rings is 1. The largest absolute Gasteiger partial charge is 0.503 e. The molecule has 2 bridgehead atoms. The van der Waals surface area contributed by atoms with E-state index in [1.807, 2.05) is 6.92 Å². The average molecular weight is 490 g/mol. The van der Waals surface area contributed by atoms with Crippen molar-refractivity contribution in [3.8, 4) is 5.75 Å². The van der Waals surface area contributed by atoms with Crippen LogP contribution in [0.2, 0.25) is 0 Å². The van der Waals surface area contributed by atoms with Crippen molar-refractivity contribution in [1.29, 1.82) is 0 Å². The van der Waals surface area contributed by atoms with Crippen molar-refractivity contribution in [2.24, 2.45) is 5.16 Å². The second-order valence-corrected chi connectivity index (χ2v) is 8.37. The van der Waals surface area contributed by atoms with Crippen LogP contribution in [0.3, 0.4) is 0 Å². The predicted octanol–water partition coefficient (Wildman–Crippen LogP) is 1.92. The first-order valence-corrected chi connectivity index (χ1v) is 10.9. The number of hydrogen-bond acceptors (Lipinski definition) is 7. The van der Waals surface area contributed by atoms with Gasteiger partial charge in [0.15, 0.2) is 11.4 Å². The molecule has 0 fully saturated rings. The fraction of sp³-hybridized carbons (Fsp3) is 0.391. The molecule has 3 heterocycles. The van der Waals surface area contributed by atoms with Crippen LogP contribution >= 0.6 is 0 Å². The number of halogens is 2. The van der Waals surface area contributed by atoms with Crippen LogP contribution in [0, 0.1) is 11.6 Å². The summed E-state index contributed by atoms with van der Waals surface area (Å²) in [4.78, 5) is 45.7. The molecule has 2 aromatic rings. The smallest absolute Gasteiger partial charge is 0.274 e. The summed E-state index contributed by atoms with van der Waals surface area (Å²) < 4.78 is 33.7. The van der Waals surface area contributed by atoms with Gasteiger partial charge in [-0.05, 0) is 13.0 Å². The number of carbonyl (C=O) groups excluding carboxylic acids is 2. The number of carbonyl (C=O) groups is 2. The van der Waals surface area contributed by atoms with Gasteiger partial charge in [-0.2, -0.15) is 0 Å². The van der Waals surface area contributed by atoms with E-state index < -0.39 is 46.2 Å². The summed E-state index contributed by atoms with van der Waals surface area (Å²) in [5, 5.41) is 17.1. The van der Waals surface area contributed by atoms with Crippen LogP contribution in [-0.4, -0.2) is 58.6 Å². The summed E-state index contributed by atoms with van der Waals surface area (Å²) >= 11 is 0. The summed E-state index contributed by atoms with van der Waals surface area (Å²) in [5.41, 5.74) is -1.70. The van der Waals surface area contributed by atoms with Crippen molar-refractivity contribution in [1.82, 2.24) is 14.8 Å². The summed E-state index contributed by atoms with van der Waals surface area (Å²) in [7, 11) is 1.42. The fourth-order valence-corrected chi connectivity index (χ4v) is 4.15. The molecule has 2 aliphatic heterocycles. The van der Waals surface area contributed by atoms with Crippen LogP contribution in [0.1, 0.15) is 52.2 Å². The number of pyridine rings is 1. The van der Waals surface area contributed by atoms with Gasteiger partial charge in [-0.25, -0.2) is 8.78 Å². The number of oxime groups is 1. The Kier molecular flexibility index (Phi) is 6.72. The van der Waals surface area contributed by atoms with Gasteiger partial charge in [0, 0.05) is 49.8 Å². The van der Waals surface area contributed by atoms with Crippen LogP contribution in [0.4, 0.5) is 8.78 Å². The molecule has 1 aromatic heterocycles. The Balaban J connectivity index is 1.71. The standard InChI is InChI=1S/C23H24F2N4O6/c1-12-5-6-35-27-18(34-2)8-15-10-28(12)23(33)19-21(31)20(30)16(11-29(15)19)22(32)26-9-13-3-4-14(24)7-17(13)25/h3-4,7,11-12,15,31H,5-6,8-10H2,1-2H3,(H,26,32)/b27-18+/t12?,15-/m0/s1.